The zero-order valence-corrected chi connectivity index (χ0v) is 13.9. The maximum absolute atomic E-state index is 12.7. The van der Waals surface area contributed by atoms with Gasteiger partial charge < -0.3 is 10.4 Å². The molecule has 2 amide bonds. The molecule has 0 radical (unpaired) electrons. The number of carbonyl (C=O) groups excluding carboxylic acids is 2. The highest BCUT2D eigenvalue weighted by molar-refractivity contribution is 6.53. The van der Waals surface area contributed by atoms with E-state index < -0.39 is 11.8 Å². The Labute approximate surface area is 144 Å². The molecule has 6 heteroatoms. The molecule has 1 aliphatic rings. The maximum Gasteiger partial charge on any atom is 0.283 e. The molecule has 0 saturated heterocycles. The number of phenols is 1. The van der Waals surface area contributed by atoms with Crippen LogP contribution in [0.1, 0.15) is 11.1 Å². The SMILES string of the molecule is Cc1ccc(N2C(=O)C(Cl)=C(Nc3cccc(O)c3)C2=O)c(C)c1. The lowest BCUT2D eigenvalue weighted by Gasteiger charge is -2.18. The number of anilines is 2. The van der Waals surface area contributed by atoms with E-state index in [9.17, 15) is 14.7 Å². The first-order valence-electron chi connectivity index (χ1n) is 7.30. The molecule has 2 N–H and O–H groups in total. The monoisotopic (exact) mass is 342 g/mol. The summed E-state index contributed by atoms with van der Waals surface area (Å²) in [6, 6.07) is 11.7. The fourth-order valence-electron chi connectivity index (χ4n) is 2.61. The van der Waals surface area contributed by atoms with Crippen LogP contribution in [0.25, 0.3) is 0 Å². The van der Waals surface area contributed by atoms with Crippen molar-refractivity contribution in [3.8, 4) is 5.75 Å². The number of hydrogen-bond donors (Lipinski definition) is 2. The van der Waals surface area contributed by atoms with Gasteiger partial charge in [0.1, 0.15) is 16.5 Å². The average Bonchev–Trinajstić information content (AvgIpc) is 2.72. The molecule has 122 valence electrons. The molecule has 5 nitrogen and oxygen atoms in total. The van der Waals surface area contributed by atoms with Crippen molar-refractivity contribution in [1.82, 2.24) is 0 Å². The van der Waals surface area contributed by atoms with Crippen molar-refractivity contribution in [2.75, 3.05) is 10.2 Å². The topological polar surface area (TPSA) is 69.6 Å². The van der Waals surface area contributed by atoms with E-state index in [0.29, 0.717) is 11.4 Å². The van der Waals surface area contributed by atoms with Crippen LogP contribution >= 0.6 is 11.6 Å². The Balaban J connectivity index is 1.95. The summed E-state index contributed by atoms with van der Waals surface area (Å²) in [5, 5.41) is 12.2. The fourth-order valence-corrected chi connectivity index (χ4v) is 2.83. The number of nitrogens with one attached hydrogen (secondary N) is 1. The summed E-state index contributed by atoms with van der Waals surface area (Å²) >= 11 is 6.08. The van der Waals surface area contributed by atoms with Gasteiger partial charge in [-0.3, -0.25) is 9.59 Å². The van der Waals surface area contributed by atoms with Crippen LogP contribution in [0.15, 0.2) is 53.2 Å². The van der Waals surface area contributed by atoms with Gasteiger partial charge in [-0.05, 0) is 37.6 Å². The summed E-state index contributed by atoms with van der Waals surface area (Å²) in [7, 11) is 0. The predicted octanol–water partition coefficient (Wildman–Crippen LogP) is 3.44. The van der Waals surface area contributed by atoms with E-state index in [0.717, 1.165) is 16.0 Å². The quantitative estimate of drug-likeness (QED) is 0.838. The Bertz CT molecular complexity index is 890. The van der Waals surface area contributed by atoms with E-state index >= 15 is 0 Å². The van der Waals surface area contributed by atoms with Crippen LogP contribution < -0.4 is 10.2 Å². The van der Waals surface area contributed by atoms with Crippen LogP contribution in [0.5, 0.6) is 5.75 Å². The molecule has 1 aliphatic heterocycles. The van der Waals surface area contributed by atoms with Gasteiger partial charge in [-0.25, -0.2) is 4.90 Å². The van der Waals surface area contributed by atoms with Crippen LogP contribution in [0.2, 0.25) is 0 Å². The molecule has 0 unspecified atom stereocenters. The minimum atomic E-state index is -0.573. The lowest BCUT2D eigenvalue weighted by Crippen LogP contribution is -2.32. The van der Waals surface area contributed by atoms with Gasteiger partial charge in [0, 0.05) is 11.8 Å². The van der Waals surface area contributed by atoms with Gasteiger partial charge in [-0.2, -0.15) is 0 Å². The standard InChI is InChI=1S/C18H15ClN2O3/c1-10-6-7-14(11(2)8-10)21-17(23)15(19)16(18(21)24)20-12-4-3-5-13(22)9-12/h3-9,20,22H,1-2H3. The molecule has 3 rings (SSSR count). The molecule has 0 bridgehead atoms. The molecule has 0 saturated carbocycles. The highest BCUT2D eigenvalue weighted by atomic mass is 35.5. The van der Waals surface area contributed by atoms with Crippen LogP contribution in [0.3, 0.4) is 0 Å². The molecular formula is C18H15ClN2O3. The van der Waals surface area contributed by atoms with Gasteiger partial charge in [0.2, 0.25) is 0 Å². The minimum Gasteiger partial charge on any atom is -0.508 e. The minimum absolute atomic E-state index is 0.00718. The number of imide groups is 1. The smallest absolute Gasteiger partial charge is 0.283 e. The first-order valence-corrected chi connectivity index (χ1v) is 7.68. The highest BCUT2D eigenvalue weighted by Gasteiger charge is 2.39. The number of benzene rings is 2. The van der Waals surface area contributed by atoms with Gasteiger partial charge in [0.05, 0.1) is 5.69 Å². The van der Waals surface area contributed by atoms with E-state index in [-0.39, 0.29) is 16.5 Å². The van der Waals surface area contributed by atoms with Gasteiger partial charge in [-0.15, -0.1) is 0 Å². The van der Waals surface area contributed by atoms with E-state index in [2.05, 4.69) is 5.32 Å². The Morgan fingerprint density at radius 2 is 1.79 bits per heavy atom. The van der Waals surface area contributed by atoms with Crippen molar-refractivity contribution < 1.29 is 14.7 Å². The van der Waals surface area contributed by atoms with Crippen molar-refractivity contribution in [2.24, 2.45) is 0 Å². The number of phenolic OH excluding ortho intramolecular Hbond substituents is 1. The largest absolute Gasteiger partial charge is 0.508 e. The second kappa shape index (κ2) is 6.02. The molecule has 1 heterocycles. The summed E-state index contributed by atoms with van der Waals surface area (Å²) in [6.45, 7) is 3.77. The fraction of sp³-hybridized carbons (Fsp3) is 0.111. The summed E-state index contributed by atoms with van der Waals surface area (Å²) in [5.74, 6) is -1.06. The molecule has 0 spiro atoms. The van der Waals surface area contributed by atoms with Gasteiger partial charge in [0.25, 0.3) is 11.8 Å². The van der Waals surface area contributed by atoms with E-state index in [1.165, 1.54) is 12.1 Å². The first kappa shape index (κ1) is 16.1. The zero-order chi connectivity index (χ0) is 17.4. The van der Waals surface area contributed by atoms with Crippen LogP contribution in [0.4, 0.5) is 11.4 Å². The molecule has 0 aliphatic carbocycles. The van der Waals surface area contributed by atoms with Crippen LogP contribution in [-0.2, 0) is 9.59 Å². The lowest BCUT2D eigenvalue weighted by molar-refractivity contribution is -0.120. The molecule has 0 aromatic heterocycles. The van der Waals surface area contributed by atoms with Crippen molar-refractivity contribution in [2.45, 2.75) is 13.8 Å². The summed E-state index contributed by atoms with van der Waals surface area (Å²) in [5.41, 5.74) is 2.80. The number of nitrogens with zero attached hydrogens (tertiary/aromatic N) is 1. The van der Waals surface area contributed by atoms with E-state index in [1.54, 1.807) is 18.2 Å². The summed E-state index contributed by atoms with van der Waals surface area (Å²) < 4.78 is 0. The number of aryl methyl sites for hydroxylation is 2. The highest BCUT2D eigenvalue weighted by Crippen LogP contribution is 2.32. The summed E-state index contributed by atoms with van der Waals surface area (Å²) in [4.78, 5) is 26.2. The molecule has 2 aromatic carbocycles. The molecule has 2 aromatic rings. The Morgan fingerprint density at radius 1 is 1.04 bits per heavy atom. The lowest BCUT2D eigenvalue weighted by atomic mass is 10.1. The zero-order valence-electron chi connectivity index (χ0n) is 13.1. The first-order chi connectivity index (χ1) is 11.4. The molecule has 0 fully saturated rings. The van der Waals surface area contributed by atoms with E-state index in [4.69, 9.17) is 11.6 Å². The second-order valence-corrected chi connectivity index (χ2v) is 5.98. The Kier molecular flexibility index (Phi) is 4.03. The Morgan fingerprint density at radius 3 is 2.46 bits per heavy atom. The number of rotatable bonds is 3. The van der Waals surface area contributed by atoms with Gasteiger partial charge >= 0.3 is 0 Å². The number of carbonyl (C=O) groups is 2. The maximum atomic E-state index is 12.7. The number of amides is 2. The van der Waals surface area contributed by atoms with Crippen molar-refractivity contribution in [3.05, 3.63) is 64.3 Å². The number of aromatic hydroxyl groups is 1. The van der Waals surface area contributed by atoms with Crippen LogP contribution in [0, 0.1) is 13.8 Å². The molecule has 0 atom stereocenters. The third-order valence-electron chi connectivity index (χ3n) is 3.74. The van der Waals surface area contributed by atoms with Gasteiger partial charge in [0.15, 0.2) is 0 Å². The number of hydrogen-bond acceptors (Lipinski definition) is 4. The predicted molar refractivity (Wildman–Crippen MR) is 93.0 cm³/mol. The van der Waals surface area contributed by atoms with Gasteiger partial charge in [-0.1, -0.05) is 35.4 Å². The van der Waals surface area contributed by atoms with Crippen LogP contribution in [-0.4, -0.2) is 16.9 Å². The van der Waals surface area contributed by atoms with Crippen molar-refractivity contribution in [3.63, 3.8) is 0 Å². The number of halogens is 1. The van der Waals surface area contributed by atoms with Crippen molar-refractivity contribution in [1.29, 1.82) is 0 Å². The van der Waals surface area contributed by atoms with Crippen molar-refractivity contribution >= 4 is 34.8 Å². The molecule has 24 heavy (non-hydrogen) atoms. The third-order valence-corrected chi connectivity index (χ3v) is 4.09. The average molecular weight is 343 g/mol. The second-order valence-electron chi connectivity index (χ2n) is 5.60. The van der Waals surface area contributed by atoms with E-state index in [1.807, 2.05) is 26.0 Å². The summed E-state index contributed by atoms with van der Waals surface area (Å²) in [6.07, 6.45) is 0. The Hall–Kier alpha value is -2.79. The molecular weight excluding hydrogens is 328 g/mol. The third kappa shape index (κ3) is 2.74. The normalized spacial score (nSPS) is 14.5.